The smallest absolute Gasteiger partial charge is 0.254 e. The van der Waals surface area contributed by atoms with E-state index in [9.17, 15) is 4.79 Å². The molecule has 0 aromatic carbocycles. The van der Waals surface area contributed by atoms with Crippen molar-refractivity contribution in [2.45, 2.75) is 39.5 Å². The summed E-state index contributed by atoms with van der Waals surface area (Å²) in [6.45, 7) is 6.15. The number of unbranched alkanes of at least 4 members (excludes halogenated alkanes) is 2. The third-order valence-electron chi connectivity index (χ3n) is 2.63. The minimum atomic E-state index is -0.189. The Morgan fingerprint density at radius 2 is 1.88 bits per heavy atom. The first-order chi connectivity index (χ1) is 8.17. The number of nitrogens with zero attached hydrogens (tertiary/aromatic N) is 2. The van der Waals surface area contributed by atoms with E-state index in [0.717, 1.165) is 38.8 Å². The summed E-state index contributed by atoms with van der Waals surface area (Å²) in [5, 5.41) is 0. The number of hydrogen-bond donors (Lipinski definition) is 2. The van der Waals surface area contributed by atoms with Crippen molar-refractivity contribution in [3.8, 4) is 0 Å². The average molecular weight is 238 g/mol. The molecule has 1 aromatic rings. The van der Waals surface area contributed by atoms with Gasteiger partial charge in [-0.2, -0.15) is 4.98 Å². The SMILES string of the molecule is CCCCN(CCCC)c1cc(=O)[nH]c(N)n1. The van der Waals surface area contributed by atoms with Gasteiger partial charge in [0.1, 0.15) is 5.82 Å². The molecule has 0 aliphatic carbocycles. The fourth-order valence-corrected chi connectivity index (χ4v) is 1.66. The van der Waals surface area contributed by atoms with Crippen molar-refractivity contribution in [1.29, 1.82) is 0 Å². The van der Waals surface area contributed by atoms with Gasteiger partial charge in [0.25, 0.3) is 5.56 Å². The maximum atomic E-state index is 11.4. The van der Waals surface area contributed by atoms with Crippen molar-refractivity contribution >= 4 is 11.8 Å². The van der Waals surface area contributed by atoms with E-state index >= 15 is 0 Å². The summed E-state index contributed by atoms with van der Waals surface area (Å²) in [6.07, 6.45) is 4.44. The lowest BCUT2D eigenvalue weighted by molar-refractivity contribution is 0.670. The van der Waals surface area contributed by atoms with Gasteiger partial charge in [-0.15, -0.1) is 0 Å². The van der Waals surface area contributed by atoms with Gasteiger partial charge in [0.05, 0.1) is 0 Å². The van der Waals surface area contributed by atoms with Gasteiger partial charge in [-0.25, -0.2) is 0 Å². The molecular weight excluding hydrogens is 216 g/mol. The summed E-state index contributed by atoms with van der Waals surface area (Å²) in [4.78, 5) is 20.1. The van der Waals surface area contributed by atoms with Crippen LogP contribution in [0.3, 0.4) is 0 Å². The van der Waals surface area contributed by atoms with Crippen LogP contribution in [0.25, 0.3) is 0 Å². The molecule has 3 N–H and O–H groups in total. The standard InChI is InChI=1S/C12H22N4O/c1-3-5-7-16(8-6-4-2)10-9-11(17)15-12(13)14-10/h9H,3-8H2,1-2H3,(H3,13,14,15,17). The van der Waals surface area contributed by atoms with Crippen molar-refractivity contribution in [2.24, 2.45) is 0 Å². The molecule has 0 fully saturated rings. The minimum Gasteiger partial charge on any atom is -0.369 e. The summed E-state index contributed by atoms with van der Waals surface area (Å²) in [7, 11) is 0. The van der Waals surface area contributed by atoms with E-state index in [1.54, 1.807) is 0 Å². The summed E-state index contributed by atoms with van der Waals surface area (Å²) in [5.41, 5.74) is 5.37. The molecule has 0 spiro atoms. The van der Waals surface area contributed by atoms with Gasteiger partial charge >= 0.3 is 0 Å². The molecule has 5 heteroatoms. The van der Waals surface area contributed by atoms with E-state index < -0.39 is 0 Å². The Labute approximate surface area is 102 Å². The second-order valence-electron chi connectivity index (χ2n) is 4.18. The van der Waals surface area contributed by atoms with E-state index in [-0.39, 0.29) is 11.5 Å². The van der Waals surface area contributed by atoms with Crippen molar-refractivity contribution < 1.29 is 0 Å². The molecule has 17 heavy (non-hydrogen) atoms. The Balaban J connectivity index is 2.82. The summed E-state index contributed by atoms with van der Waals surface area (Å²) in [5.74, 6) is 0.874. The highest BCUT2D eigenvalue weighted by atomic mass is 16.1. The second kappa shape index (κ2) is 6.93. The molecule has 0 saturated carbocycles. The van der Waals surface area contributed by atoms with E-state index in [2.05, 4.69) is 28.7 Å². The topological polar surface area (TPSA) is 75.0 Å². The predicted molar refractivity (Wildman–Crippen MR) is 71.3 cm³/mol. The normalized spacial score (nSPS) is 10.5. The Hall–Kier alpha value is -1.52. The van der Waals surface area contributed by atoms with Crippen LogP contribution >= 0.6 is 0 Å². The van der Waals surface area contributed by atoms with E-state index in [4.69, 9.17) is 5.73 Å². The zero-order valence-electron chi connectivity index (χ0n) is 10.7. The van der Waals surface area contributed by atoms with Gasteiger partial charge in [0.15, 0.2) is 0 Å². The molecule has 1 rings (SSSR count). The molecule has 0 atom stereocenters. The van der Waals surface area contributed by atoms with Crippen LogP contribution in [0.5, 0.6) is 0 Å². The minimum absolute atomic E-state index is 0.186. The molecule has 1 aromatic heterocycles. The maximum absolute atomic E-state index is 11.4. The van der Waals surface area contributed by atoms with Gasteiger partial charge in [-0.3, -0.25) is 9.78 Å². The molecule has 1 heterocycles. The highest BCUT2D eigenvalue weighted by molar-refractivity contribution is 5.40. The first-order valence-electron chi connectivity index (χ1n) is 6.29. The van der Waals surface area contributed by atoms with Gasteiger partial charge < -0.3 is 10.6 Å². The lowest BCUT2D eigenvalue weighted by Gasteiger charge is -2.23. The first-order valence-corrected chi connectivity index (χ1v) is 6.29. The Morgan fingerprint density at radius 3 is 2.35 bits per heavy atom. The number of H-pyrrole nitrogens is 1. The molecule has 0 radical (unpaired) electrons. The van der Waals surface area contributed by atoms with Gasteiger partial charge in [0.2, 0.25) is 5.95 Å². The van der Waals surface area contributed by atoms with Crippen LogP contribution < -0.4 is 16.2 Å². The fraction of sp³-hybridized carbons (Fsp3) is 0.667. The Morgan fingerprint density at radius 1 is 1.29 bits per heavy atom. The Bertz CT molecular complexity index is 380. The lowest BCUT2D eigenvalue weighted by Crippen LogP contribution is -2.28. The zero-order chi connectivity index (χ0) is 12.7. The molecular formula is C12H22N4O. The number of anilines is 2. The molecule has 96 valence electrons. The van der Waals surface area contributed by atoms with Crippen LogP contribution in [-0.4, -0.2) is 23.1 Å². The van der Waals surface area contributed by atoms with Crippen molar-refractivity contribution in [1.82, 2.24) is 9.97 Å². The monoisotopic (exact) mass is 238 g/mol. The van der Waals surface area contributed by atoms with Crippen LogP contribution in [0.4, 0.5) is 11.8 Å². The van der Waals surface area contributed by atoms with Crippen LogP contribution in [0.1, 0.15) is 39.5 Å². The average Bonchev–Trinajstić information content (AvgIpc) is 2.28. The molecule has 0 saturated heterocycles. The largest absolute Gasteiger partial charge is 0.369 e. The molecule has 0 bridgehead atoms. The van der Waals surface area contributed by atoms with Crippen molar-refractivity contribution in [3.63, 3.8) is 0 Å². The third-order valence-corrected chi connectivity index (χ3v) is 2.63. The van der Waals surface area contributed by atoms with Gasteiger partial charge in [0, 0.05) is 19.2 Å². The van der Waals surface area contributed by atoms with Crippen LogP contribution in [0.15, 0.2) is 10.9 Å². The fourth-order valence-electron chi connectivity index (χ4n) is 1.66. The van der Waals surface area contributed by atoms with E-state index in [0.29, 0.717) is 5.82 Å². The number of aromatic amines is 1. The van der Waals surface area contributed by atoms with Crippen molar-refractivity contribution in [3.05, 3.63) is 16.4 Å². The van der Waals surface area contributed by atoms with E-state index in [1.165, 1.54) is 6.07 Å². The van der Waals surface area contributed by atoms with E-state index in [1.807, 2.05) is 0 Å². The zero-order valence-corrected chi connectivity index (χ0v) is 10.7. The maximum Gasteiger partial charge on any atom is 0.254 e. The van der Waals surface area contributed by atoms with Crippen LogP contribution in [0, 0.1) is 0 Å². The summed E-state index contributed by atoms with van der Waals surface area (Å²) in [6, 6.07) is 1.52. The summed E-state index contributed by atoms with van der Waals surface area (Å²) < 4.78 is 0. The molecule has 0 aliphatic heterocycles. The number of hydrogen-bond acceptors (Lipinski definition) is 4. The predicted octanol–water partition coefficient (Wildman–Crippen LogP) is 1.76. The highest BCUT2D eigenvalue weighted by Crippen LogP contribution is 2.11. The summed E-state index contributed by atoms with van der Waals surface area (Å²) >= 11 is 0. The quantitative estimate of drug-likeness (QED) is 0.759. The number of nitrogen functional groups attached to an aromatic ring is 1. The van der Waals surface area contributed by atoms with Gasteiger partial charge in [-0.05, 0) is 12.8 Å². The number of aromatic nitrogens is 2. The number of nitrogens with two attached hydrogens (primary N) is 1. The lowest BCUT2D eigenvalue weighted by atomic mass is 10.2. The Kier molecular flexibility index (Phi) is 5.52. The first kappa shape index (κ1) is 13.5. The molecule has 0 unspecified atom stereocenters. The number of rotatable bonds is 7. The van der Waals surface area contributed by atoms with Crippen molar-refractivity contribution in [2.75, 3.05) is 23.7 Å². The highest BCUT2D eigenvalue weighted by Gasteiger charge is 2.08. The number of nitrogens with one attached hydrogen (secondary N) is 1. The van der Waals surface area contributed by atoms with Crippen LogP contribution in [0.2, 0.25) is 0 Å². The van der Waals surface area contributed by atoms with Gasteiger partial charge in [-0.1, -0.05) is 26.7 Å². The third kappa shape index (κ3) is 4.46. The second-order valence-corrected chi connectivity index (χ2v) is 4.18. The van der Waals surface area contributed by atoms with Crippen LogP contribution in [-0.2, 0) is 0 Å². The molecule has 5 nitrogen and oxygen atoms in total. The molecule has 0 aliphatic rings. The molecule has 0 amide bonds.